The average Bonchev–Trinajstić information content (AvgIpc) is 2.54. The molecular formula is C17H21FN6O. The first-order valence-corrected chi connectivity index (χ1v) is 7.62. The topological polar surface area (TPSA) is 107 Å². The van der Waals surface area contributed by atoms with Crippen LogP contribution in [0.15, 0.2) is 36.5 Å². The van der Waals surface area contributed by atoms with Crippen LogP contribution in [0.1, 0.15) is 24.1 Å². The van der Waals surface area contributed by atoms with Crippen LogP contribution < -0.4 is 16.4 Å². The van der Waals surface area contributed by atoms with Gasteiger partial charge in [-0.3, -0.25) is 10.7 Å². The predicted octanol–water partition coefficient (Wildman–Crippen LogP) is 2.57. The maximum atomic E-state index is 12.9. The summed E-state index contributed by atoms with van der Waals surface area (Å²) in [7, 11) is 3.47. The van der Waals surface area contributed by atoms with E-state index in [-0.39, 0.29) is 23.5 Å². The Morgan fingerprint density at radius 2 is 1.96 bits per heavy atom. The minimum atomic E-state index is -0.459. The molecule has 2 rings (SSSR count). The number of amides is 2. The van der Waals surface area contributed by atoms with Crippen molar-refractivity contribution in [1.82, 2.24) is 15.2 Å². The zero-order chi connectivity index (χ0) is 18.6. The number of carbonyl (C=O) groups excluding carboxylic acids is 1. The molecule has 0 saturated heterocycles. The van der Waals surface area contributed by atoms with E-state index in [1.165, 1.54) is 24.4 Å². The van der Waals surface area contributed by atoms with Gasteiger partial charge in [0.15, 0.2) is 0 Å². The van der Waals surface area contributed by atoms with Crippen LogP contribution in [-0.2, 0) is 0 Å². The number of halogens is 1. The van der Waals surface area contributed by atoms with Crippen molar-refractivity contribution in [3.63, 3.8) is 0 Å². The third kappa shape index (κ3) is 4.66. The first kappa shape index (κ1) is 18.2. The van der Waals surface area contributed by atoms with Gasteiger partial charge in [0.1, 0.15) is 17.5 Å². The number of carbonyl (C=O) groups is 1. The van der Waals surface area contributed by atoms with Crippen molar-refractivity contribution in [1.29, 1.82) is 5.41 Å². The Hall–Kier alpha value is -3.16. The smallest absolute Gasteiger partial charge is 0.320 e. The van der Waals surface area contributed by atoms with Gasteiger partial charge < -0.3 is 16.0 Å². The molecule has 0 spiro atoms. The van der Waals surface area contributed by atoms with Crippen LogP contribution in [-0.4, -0.2) is 35.8 Å². The second-order valence-corrected chi connectivity index (χ2v) is 5.77. The van der Waals surface area contributed by atoms with Gasteiger partial charge in [-0.15, -0.1) is 0 Å². The summed E-state index contributed by atoms with van der Waals surface area (Å²) >= 11 is 0. The number of hydrogen-bond acceptors (Lipinski definition) is 4. The van der Waals surface area contributed by atoms with Crippen molar-refractivity contribution < 1.29 is 9.18 Å². The van der Waals surface area contributed by atoms with Gasteiger partial charge in [-0.1, -0.05) is 12.1 Å². The van der Waals surface area contributed by atoms with Crippen LogP contribution in [0.2, 0.25) is 0 Å². The van der Waals surface area contributed by atoms with Crippen LogP contribution in [0, 0.1) is 11.2 Å². The van der Waals surface area contributed by atoms with E-state index in [2.05, 4.69) is 15.6 Å². The number of aromatic nitrogens is 1. The highest BCUT2D eigenvalue weighted by Gasteiger charge is 2.13. The standard InChI is InChI=1S/C17H21FN6O/c1-10(11-4-6-12(18)7-5-11)22-17(25)23-15-8-14(19)13(9-21-15)16(20)24(2)3/h4-10,20H,1-3H3,(H4,19,21,22,23,25). The van der Waals surface area contributed by atoms with Crippen LogP contribution in [0.5, 0.6) is 0 Å². The highest BCUT2D eigenvalue weighted by atomic mass is 19.1. The lowest BCUT2D eigenvalue weighted by molar-refractivity contribution is 0.249. The van der Waals surface area contributed by atoms with Crippen LogP contribution >= 0.6 is 0 Å². The predicted molar refractivity (Wildman–Crippen MR) is 96.1 cm³/mol. The number of amidine groups is 1. The summed E-state index contributed by atoms with van der Waals surface area (Å²) in [5, 5.41) is 13.2. The van der Waals surface area contributed by atoms with Crippen molar-refractivity contribution in [2.24, 2.45) is 0 Å². The van der Waals surface area contributed by atoms with E-state index >= 15 is 0 Å². The van der Waals surface area contributed by atoms with E-state index in [4.69, 9.17) is 11.1 Å². The molecule has 0 radical (unpaired) electrons. The monoisotopic (exact) mass is 344 g/mol. The van der Waals surface area contributed by atoms with Gasteiger partial charge in [-0.25, -0.2) is 14.2 Å². The number of nitrogens with one attached hydrogen (secondary N) is 3. The van der Waals surface area contributed by atoms with Crippen molar-refractivity contribution in [2.45, 2.75) is 13.0 Å². The molecule has 1 aromatic carbocycles. The Labute approximate surface area is 145 Å². The number of rotatable bonds is 4. The van der Waals surface area contributed by atoms with E-state index in [9.17, 15) is 9.18 Å². The molecule has 7 nitrogen and oxygen atoms in total. The van der Waals surface area contributed by atoms with Crippen LogP contribution in [0.3, 0.4) is 0 Å². The third-order valence-corrected chi connectivity index (χ3v) is 3.60. The number of pyridine rings is 1. The van der Waals surface area contributed by atoms with Crippen LogP contribution in [0.25, 0.3) is 0 Å². The Morgan fingerprint density at radius 3 is 2.52 bits per heavy atom. The zero-order valence-corrected chi connectivity index (χ0v) is 14.3. The molecule has 0 aliphatic carbocycles. The summed E-state index contributed by atoms with van der Waals surface area (Å²) in [5.41, 5.74) is 7.53. The number of nitrogens with zero attached hydrogens (tertiary/aromatic N) is 2. The normalized spacial score (nSPS) is 11.5. The maximum Gasteiger partial charge on any atom is 0.320 e. The largest absolute Gasteiger partial charge is 0.398 e. The molecule has 1 atom stereocenters. The van der Waals surface area contributed by atoms with Crippen molar-refractivity contribution in [3.8, 4) is 0 Å². The SMILES string of the molecule is CC(NC(=O)Nc1cc(N)c(C(=N)N(C)C)cn1)c1ccc(F)cc1. The summed E-state index contributed by atoms with van der Waals surface area (Å²) in [6.45, 7) is 1.79. The van der Waals surface area contributed by atoms with E-state index in [1.807, 2.05) is 0 Å². The fraction of sp³-hybridized carbons (Fsp3) is 0.235. The molecule has 5 N–H and O–H groups in total. The fourth-order valence-corrected chi connectivity index (χ4v) is 2.16. The number of nitrogen functional groups attached to an aromatic ring is 1. The first-order chi connectivity index (χ1) is 11.8. The Bertz CT molecular complexity index is 775. The molecule has 0 aliphatic heterocycles. The van der Waals surface area contributed by atoms with Gasteiger partial charge in [0.25, 0.3) is 0 Å². The van der Waals surface area contributed by atoms with Gasteiger partial charge in [0.05, 0.1) is 11.6 Å². The van der Waals surface area contributed by atoms with Crippen molar-refractivity contribution >= 4 is 23.4 Å². The number of benzene rings is 1. The molecule has 0 aliphatic rings. The second kappa shape index (κ2) is 7.61. The van der Waals surface area contributed by atoms with Crippen molar-refractivity contribution in [3.05, 3.63) is 53.5 Å². The lowest BCUT2D eigenvalue weighted by Gasteiger charge is -2.17. The molecule has 1 aromatic heterocycles. The lowest BCUT2D eigenvalue weighted by Crippen LogP contribution is -2.31. The lowest BCUT2D eigenvalue weighted by atomic mass is 10.1. The summed E-state index contributed by atoms with van der Waals surface area (Å²) in [6.07, 6.45) is 1.44. The van der Waals surface area contributed by atoms with E-state index in [0.29, 0.717) is 11.3 Å². The molecule has 1 unspecified atom stereocenters. The van der Waals surface area contributed by atoms with E-state index < -0.39 is 6.03 Å². The Balaban J connectivity index is 2.01. The number of nitrogens with two attached hydrogens (primary N) is 1. The summed E-state index contributed by atoms with van der Waals surface area (Å²) in [5.74, 6) is 0.172. The summed E-state index contributed by atoms with van der Waals surface area (Å²) in [6, 6.07) is 6.63. The highest BCUT2D eigenvalue weighted by Crippen LogP contribution is 2.17. The third-order valence-electron chi connectivity index (χ3n) is 3.60. The molecule has 2 amide bonds. The molecule has 0 fully saturated rings. The quantitative estimate of drug-likeness (QED) is 0.505. The second-order valence-electron chi connectivity index (χ2n) is 5.77. The number of hydrogen-bond donors (Lipinski definition) is 4. The molecule has 25 heavy (non-hydrogen) atoms. The van der Waals surface area contributed by atoms with Gasteiger partial charge in [-0.2, -0.15) is 0 Å². The molecule has 2 aromatic rings. The minimum Gasteiger partial charge on any atom is -0.398 e. The Kier molecular flexibility index (Phi) is 5.53. The molecule has 132 valence electrons. The number of urea groups is 1. The Morgan fingerprint density at radius 1 is 1.32 bits per heavy atom. The first-order valence-electron chi connectivity index (χ1n) is 7.62. The number of anilines is 2. The van der Waals surface area contributed by atoms with Crippen molar-refractivity contribution in [2.75, 3.05) is 25.1 Å². The molecule has 0 saturated carbocycles. The van der Waals surface area contributed by atoms with Gasteiger partial charge in [0, 0.05) is 32.0 Å². The van der Waals surface area contributed by atoms with Gasteiger partial charge in [0.2, 0.25) is 0 Å². The molecular weight excluding hydrogens is 323 g/mol. The van der Waals surface area contributed by atoms with Gasteiger partial charge >= 0.3 is 6.03 Å². The zero-order valence-electron chi connectivity index (χ0n) is 14.3. The average molecular weight is 344 g/mol. The van der Waals surface area contributed by atoms with Crippen LogP contribution in [0.4, 0.5) is 20.7 Å². The van der Waals surface area contributed by atoms with E-state index in [0.717, 1.165) is 5.56 Å². The summed E-state index contributed by atoms with van der Waals surface area (Å²) in [4.78, 5) is 17.8. The molecule has 1 heterocycles. The summed E-state index contributed by atoms with van der Waals surface area (Å²) < 4.78 is 12.9. The van der Waals surface area contributed by atoms with E-state index in [1.54, 1.807) is 38.1 Å². The fourth-order valence-electron chi connectivity index (χ4n) is 2.16. The van der Waals surface area contributed by atoms with Gasteiger partial charge in [-0.05, 0) is 24.6 Å². The molecule has 0 bridgehead atoms. The highest BCUT2D eigenvalue weighted by molar-refractivity contribution is 6.01. The maximum absolute atomic E-state index is 12.9. The molecule has 8 heteroatoms. The minimum absolute atomic E-state index is 0.228.